The number of primary sulfonamides is 1. The van der Waals surface area contributed by atoms with Gasteiger partial charge in [-0.3, -0.25) is 9.97 Å². The van der Waals surface area contributed by atoms with Crippen molar-refractivity contribution in [2.45, 2.75) is 18.0 Å². The van der Waals surface area contributed by atoms with Gasteiger partial charge in [0, 0.05) is 23.5 Å². The number of hydrogen-bond acceptors (Lipinski definition) is 5. The molecule has 0 radical (unpaired) electrons. The molecule has 2 N–H and O–H groups in total. The fraction of sp³-hybridized carbons (Fsp3) is 0.0952. The van der Waals surface area contributed by atoms with Crippen LogP contribution in [0.5, 0.6) is 0 Å². The minimum Gasteiger partial charge on any atom is -0.261 e. The van der Waals surface area contributed by atoms with Crippen LogP contribution in [0.25, 0.3) is 28.2 Å². The summed E-state index contributed by atoms with van der Waals surface area (Å²) in [7, 11) is -3.95. The topological polar surface area (TPSA) is 104 Å². The first-order valence-corrected chi connectivity index (χ1v) is 10.8. The third kappa shape index (κ3) is 4.25. The van der Waals surface area contributed by atoms with Crippen LogP contribution in [0.2, 0.25) is 0 Å². The van der Waals surface area contributed by atoms with Gasteiger partial charge in [0.05, 0.1) is 28.2 Å². The zero-order chi connectivity index (χ0) is 23.1. The van der Waals surface area contributed by atoms with Gasteiger partial charge in [-0.25, -0.2) is 18.2 Å². The van der Waals surface area contributed by atoms with Crippen molar-refractivity contribution in [3.8, 4) is 28.2 Å². The number of aryl methyl sites for hydroxylation is 1. The van der Waals surface area contributed by atoms with Crippen molar-refractivity contribution in [2.24, 2.45) is 5.14 Å². The Hall–Kier alpha value is -3.57. The predicted molar refractivity (Wildman–Crippen MR) is 111 cm³/mol. The van der Waals surface area contributed by atoms with E-state index < -0.39 is 21.9 Å². The Morgan fingerprint density at radius 1 is 1.00 bits per heavy atom. The molecule has 0 amide bonds. The van der Waals surface area contributed by atoms with Crippen molar-refractivity contribution in [1.29, 1.82) is 0 Å². The molecule has 0 aliphatic heterocycles. The largest absolute Gasteiger partial charge is 0.435 e. The van der Waals surface area contributed by atoms with Crippen LogP contribution in [0.1, 0.15) is 11.3 Å². The average molecular weight is 459 g/mol. The molecule has 11 heteroatoms. The molecule has 0 saturated carbocycles. The third-order valence-electron chi connectivity index (χ3n) is 4.78. The number of halogens is 3. The summed E-state index contributed by atoms with van der Waals surface area (Å²) in [5, 5.41) is 8.86. The molecule has 2 aromatic heterocycles. The molecule has 0 bridgehead atoms. The zero-order valence-corrected chi connectivity index (χ0v) is 17.4. The zero-order valence-electron chi connectivity index (χ0n) is 16.6. The monoisotopic (exact) mass is 459 g/mol. The second-order valence-corrected chi connectivity index (χ2v) is 8.55. The Morgan fingerprint density at radius 3 is 2.31 bits per heavy atom. The molecule has 7 nitrogen and oxygen atoms in total. The summed E-state index contributed by atoms with van der Waals surface area (Å²) in [5.41, 5.74) is 1.81. The van der Waals surface area contributed by atoms with E-state index in [1.165, 1.54) is 36.7 Å². The molecule has 0 atom stereocenters. The average Bonchev–Trinajstić information content (AvgIpc) is 3.20. The normalized spacial score (nSPS) is 12.2. The van der Waals surface area contributed by atoms with Gasteiger partial charge in [0.25, 0.3) is 0 Å². The number of rotatable bonds is 4. The fourth-order valence-electron chi connectivity index (χ4n) is 3.19. The molecule has 0 aliphatic rings. The van der Waals surface area contributed by atoms with E-state index in [0.29, 0.717) is 22.4 Å². The van der Waals surface area contributed by atoms with Gasteiger partial charge in [-0.05, 0) is 48.9 Å². The van der Waals surface area contributed by atoms with E-state index in [2.05, 4.69) is 15.1 Å². The number of aromatic nitrogens is 4. The molecule has 0 saturated heterocycles. The minimum absolute atomic E-state index is 0.160. The Bertz CT molecular complexity index is 1380. The van der Waals surface area contributed by atoms with Crippen LogP contribution in [-0.4, -0.2) is 28.2 Å². The molecule has 0 fully saturated rings. The van der Waals surface area contributed by atoms with E-state index in [4.69, 9.17) is 5.14 Å². The Labute approximate surface area is 181 Å². The van der Waals surface area contributed by atoms with E-state index in [1.807, 2.05) is 0 Å². The number of benzene rings is 2. The van der Waals surface area contributed by atoms with Gasteiger partial charge >= 0.3 is 6.18 Å². The van der Waals surface area contributed by atoms with Gasteiger partial charge < -0.3 is 0 Å². The van der Waals surface area contributed by atoms with Crippen molar-refractivity contribution in [1.82, 2.24) is 19.7 Å². The molecule has 2 heterocycles. The second-order valence-electron chi connectivity index (χ2n) is 6.98. The maximum Gasteiger partial charge on any atom is 0.435 e. The van der Waals surface area contributed by atoms with Gasteiger partial charge in [0.15, 0.2) is 5.69 Å². The molecule has 4 aromatic rings. The van der Waals surface area contributed by atoms with Gasteiger partial charge in [0.2, 0.25) is 10.0 Å². The summed E-state index contributed by atoms with van der Waals surface area (Å²) in [6.45, 7) is 1.77. The van der Waals surface area contributed by atoms with Crippen LogP contribution in [0.3, 0.4) is 0 Å². The van der Waals surface area contributed by atoms with Crippen molar-refractivity contribution >= 4 is 10.0 Å². The lowest BCUT2D eigenvalue weighted by molar-refractivity contribution is -0.141. The Morgan fingerprint density at radius 2 is 1.72 bits per heavy atom. The van der Waals surface area contributed by atoms with Crippen LogP contribution in [0, 0.1) is 6.92 Å². The molecule has 2 aromatic carbocycles. The summed E-state index contributed by atoms with van der Waals surface area (Å²) in [4.78, 5) is 8.10. The Balaban J connectivity index is 1.91. The molecular formula is C21H16F3N5O2S. The lowest BCUT2D eigenvalue weighted by atomic mass is 10.0. The third-order valence-corrected chi connectivity index (χ3v) is 5.71. The molecule has 0 unspecified atom stereocenters. The van der Waals surface area contributed by atoms with E-state index in [9.17, 15) is 21.6 Å². The summed E-state index contributed by atoms with van der Waals surface area (Å²) in [5.74, 6) is 0. The lowest BCUT2D eigenvalue weighted by Crippen LogP contribution is -2.12. The summed E-state index contributed by atoms with van der Waals surface area (Å²) < 4.78 is 64.6. The van der Waals surface area contributed by atoms with E-state index in [1.54, 1.807) is 31.3 Å². The van der Waals surface area contributed by atoms with Crippen LogP contribution in [0.15, 0.2) is 72.0 Å². The van der Waals surface area contributed by atoms with Crippen molar-refractivity contribution in [2.75, 3.05) is 0 Å². The maximum absolute atomic E-state index is 13.5. The summed E-state index contributed by atoms with van der Waals surface area (Å²) >= 11 is 0. The summed E-state index contributed by atoms with van der Waals surface area (Å²) in [6.07, 6.45) is -0.0712. The van der Waals surface area contributed by atoms with Crippen LogP contribution >= 0.6 is 0 Å². The van der Waals surface area contributed by atoms with Gasteiger partial charge in [-0.1, -0.05) is 12.1 Å². The quantitative estimate of drug-likeness (QED) is 0.497. The fourth-order valence-corrected chi connectivity index (χ4v) is 3.71. The van der Waals surface area contributed by atoms with E-state index in [-0.39, 0.29) is 16.3 Å². The lowest BCUT2D eigenvalue weighted by Gasteiger charge is -2.12. The molecule has 4 rings (SSSR count). The Kier molecular flexibility index (Phi) is 5.31. The van der Waals surface area contributed by atoms with Gasteiger partial charge in [-0.15, -0.1) is 0 Å². The van der Waals surface area contributed by atoms with E-state index in [0.717, 1.165) is 10.7 Å². The first-order chi connectivity index (χ1) is 15.0. The minimum atomic E-state index is -4.67. The number of nitrogens with two attached hydrogens (primary N) is 1. The van der Waals surface area contributed by atoms with Crippen molar-refractivity contribution in [3.63, 3.8) is 0 Å². The molecule has 32 heavy (non-hydrogen) atoms. The number of sulfonamides is 1. The van der Waals surface area contributed by atoms with Crippen molar-refractivity contribution in [3.05, 3.63) is 78.4 Å². The number of nitrogens with zero attached hydrogens (tertiary/aromatic N) is 4. The molecule has 0 spiro atoms. The van der Waals surface area contributed by atoms with Crippen molar-refractivity contribution < 1.29 is 21.6 Å². The first-order valence-electron chi connectivity index (χ1n) is 9.22. The van der Waals surface area contributed by atoms with Crippen LogP contribution in [0.4, 0.5) is 13.2 Å². The predicted octanol–water partition coefficient (Wildman–Crippen LogP) is 3.97. The van der Waals surface area contributed by atoms with E-state index >= 15 is 0 Å². The number of alkyl halides is 3. The van der Waals surface area contributed by atoms with Crippen LogP contribution in [-0.2, 0) is 16.2 Å². The molecule has 164 valence electrons. The van der Waals surface area contributed by atoms with Gasteiger partial charge in [-0.2, -0.15) is 18.3 Å². The highest BCUT2D eigenvalue weighted by Crippen LogP contribution is 2.35. The maximum atomic E-state index is 13.5. The second kappa shape index (κ2) is 7.84. The molecular weight excluding hydrogens is 443 g/mol. The number of hydrogen-bond donors (Lipinski definition) is 1. The summed E-state index contributed by atoms with van der Waals surface area (Å²) in [6, 6.07) is 11.4. The highest BCUT2D eigenvalue weighted by atomic mass is 32.2. The molecule has 0 aliphatic carbocycles. The smallest absolute Gasteiger partial charge is 0.261 e. The highest BCUT2D eigenvalue weighted by molar-refractivity contribution is 7.89. The van der Waals surface area contributed by atoms with Gasteiger partial charge in [0.1, 0.15) is 0 Å². The first kappa shape index (κ1) is 21.7. The van der Waals surface area contributed by atoms with Crippen LogP contribution < -0.4 is 5.14 Å². The standard InChI is InChI=1S/C21H16F3N5O2S/c1-13-2-3-14(18-12-26-8-9-27-18)10-17(13)19-11-20(21(22,23)24)28-29(19)15-4-6-16(7-5-15)32(25,30)31/h2-12H,1H3,(H2,25,30,31). The SMILES string of the molecule is Cc1ccc(-c2cnccn2)cc1-c1cc(C(F)(F)F)nn1-c1ccc(S(N)(=O)=O)cc1. The highest BCUT2D eigenvalue weighted by Gasteiger charge is 2.35.